The number of carbonyl (C=O) groups excluding carboxylic acids is 1. The quantitative estimate of drug-likeness (QED) is 0.283. The van der Waals surface area contributed by atoms with Gasteiger partial charge in [0.15, 0.2) is 5.16 Å². The van der Waals surface area contributed by atoms with Crippen LogP contribution in [0.25, 0.3) is 22.5 Å². The number of nitrogens with two attached hydrogens (primary N) is 1. The number of amides is 1. The van der Waals surface area contributed by atoms with Crippen LogP contribution in [-0.2, 0) is 11.0 Å². The first-order valence-electron chi connectivity index (χ1n) is 9.86. The van der Waals surface area contributed by atoms with Crippen LogP contribution in [0.3, 0.4) is 0 Å². The average molecular weight is 514 g/mol. The molecule has 1 unspecified atom stereocenters. The number of benzene rings is 2. The summed E-state index contributed by atoms with van der Waals surface area (Å²) < 4.78 is 39.5. The Morgan fingerprint density at radius 3 is 2.49 bits per heavy atom. The summed E-state index contributed by atoms with van der Waals surface area (Å²) in [6, 6.07) is 15.1. The van der Waals surface area contributed by atoms with Gasteiger partial charge in [0.2, 0.25) is 5.91 Å². The first-order chi connectivity index (χ1) is 16.7. The van der Waals surface area contributed by atoms with Crippen molar-refractivity contribution in [2.24, 2.45) is 5.73 Å². The third-order valence-corrected chi connectivity index (χ3v) is 6.94. The molecule has 1 atom stereocenters. The molecule has 0 saturated carbocycles. The van der Waals surface area contributed by atoms with E-state index in [0.717, 1.165) is 35.5 Å². The van der Waals surface area contributed by atoms with Gasteiger partial charge in [-0.1, -0.05) is 54.2 Å². The molecule has 7 nitrogen and oxygen atoms in total. The van der Waals surface area contributed by atoms with Crippen LogP contribution >= 0.6 is 23.1 Å². The van der Waals surface area contributed by atoms with Crippen LogP contribution in [-0.4, -0.2) is 20.9 Å². The van der Waals surface area contributed by atoms with Crippen LogP contribution in [0.4, 0.5) is 13.2 Å². The molecule has 2 aromatic carbocycles. The fraction of sp³-hybridized carbons (Fsp3) is 0.0870. The molecule has 176 valence electrons. The lowest BCUT2D eigenvalue weighted by Gasteiger charge is -2.12. The molecular weight excluding hydrogens is 499 g/mol. The van der Waals surface area contributed by atoms with Gasteiger partial charge in [0, 0.05) is 16.5 Å². The number of aromatic amines is 1. The van der Waals surface area contributed by atoms with Gasteiger partial charge < -0.3 is 10.7 Å². The number of thiazole rings is 1. The predicted molar refractivity (Wildman–Crippen MR) is 125 cm³/mol. The first-order valence-corrected chi connectivity index (χ1v) is 11.6. The smallest absolute Gasteiger partial charge is 0.368 e. The number of nitriles is 1. The van der Waals surface area contributed by atoms with Gasteiger partial charge in [-0.2, -0.15) is 18.4 Å². The minimum atomic E-state index is -4.63. The van der Waals surface area contributed by atoms with Gasteiger partial charge in [0.1, 0.15) is 21.9 Å². The van der Waals surface area contributed by atoms with E-state index >= 15 is 0 Å². The molecule has 0 aliphatic heterocycles. The monoisotopic (exact) mass is 513 g/mol. The molecular formula is C23H14F3N5O2S2. The number of hydrogen-bond acceptors (Lipinski definition) is 7. The Kier molecular flexibility index (Phi) is 6.72. The minimum Gasteiger partial charge on any atom is -0.368 e. The molecule has 12 heteroatoms. The molecule has 3 N–H and O–H groups in total. The maximum atomic E-state index is 13.2. The van der Waals surface area contributed by atoms with Gasteiger partial charge in [-0.15, -0.1) is 11.3 Å². The number of nitrogens with zero attached hydrogens (tertiary/aromatic N) is 3. The van der Waals surface area contributed by atoms with E-state index in [4.69, 9.17) is 5.73 Å². The van der Waals surface area contributed by atoms with Crippen molar-refractivity contribution in [2.75, 3.05) is 0 Å². The van der Waals surface area contributed by atoms with E-state index in [1.54, 1.807) is 11.4 Å². The summed E-state index contributed by atoms with van der Waals surface area (Å²) in [7, 11) is 0. The number of nitrogens with one attached hydrogen (secondary N) is 1. The molecule has 1 amide bonds. The molecule has 0 spiro atoms. The summed E-state index contributed by atoms with van der Waals surface area (Å²) in [4.78, 5) is 35.8. The highest BCUT2D eigenvalue weighted by Gasteiger charge is 2.31. The number of H-pyrrole nitrogens is 1. The summed E-state index contributed by atoms with van der Waals surface area (Å²) in [6.07, 6.45) is -4.63. The molecule has 0 aliphatic carbocycles. The Morgan fingerprint density at radius 2 is 1.83 bits per heavy atom. The second kappa shape index (κ2) is 9.73. The molecule has 4 rings (SSSR count). The van der Waals surface area contributed by atoms with Gasteiger partial charge in [0.25, 0.3) is 5.56 Å². The molecule has 0 saturated heterocycles. The summed E-state index contributed by atoms with van der Waals surface area (Å²) >= 11 is 1.97. The zero-order chi connectivity index (χ0) is 25.2. The van der Waals surface area contributed by atoms with Crippen LogP contribution in [0.5, 0.6) is 0 Å². The molecule has 4 aromatic rings. The number of carbonyl (C=O) groups is 1. The standard InChI is InChI=1S/C23H14F3N5O2S2/c24-23(25,26)14-8-4-7-13(9-14)17-15(10-27)20(33)31-22(30-17)35-18(19(28)32)21-29-16(11-34-21)12-5-2-1-3-6-12/h1-9,11,18H,(H2,28,32)(H,30,31,33). The highest BCUT2D eigenvalue weighted by Crippen LogP contribution is 2.37. The van der Waals surface area contributed by atoms with Crippen LogP contribution in [0.2, 0.25) is 0 Å². The van der Waals surface area contributed by atoms with Crippen LogP contribution in [0.15, 0.2) is 69.9 Å². The second-order valence-electron chi connectivity index (χ2n) is 7.12. The Morgan fingerprint density at radius 1 is 1.11 bits per heavy atom. The van der Waals surface area contributed by atoms with Crippen molar-refractivity contribution in [2.45, 2.75) is 16.6 Å². The van der Waals surface area contributed by atoms with E-state index in [0.29, 0.717) is 10.7 Å². The maximum absolute atomic E-state index is 13.2. The zero-order valence-electron chi connectivity index (χ0n) is 17.5. The highest BCUT2D eigenvalue weighted by molar-refractivity contribution is 8.00. The fourth-order valence-electron chi connectivity index (χ4n) is 3.16. The van der Waals surface area contributed by atoms with E-state index in [1.165, 1.54) is 17.4 Å². The van der Waals surface area contributed by atoms with Gasteiger partial charge in [0.05, 0.1) is 17.0 Å². The van der Waals surface area contributed by atoms with Gasteiger partial charge in [-0.05, 0) is 12.1 Å². The highest BCUT2D eigenvalue weighted by atomic mass is 32.2. The summed E-state index contributed by atoms with van der Waals surface area (Å²) in [5, 5.41) is 10.4. The van der Waals surface area contributed by atoms with Crippen molar-refractivity contribution in [1.82, 2.24) is 15.0 Å². The first kappa shape index (κ1) is 24.2. The Hall–Kier alpha value is -3.95. The molecule has 2 heterocycles. The number of rotatable bonds is 6. The summed E-state index contributed by atoms with van der Waals surface area (Å²) in [5.74, 6) is -0.753. The number of primary amides is 1. The van der Waals surface area contributed by atoms with Crippen molar-refractivity contribution in [3.05, 3.63) is 86.5 Å². The topological polar surface area (TPSA) is 126 Å². The summed E-state index contributed by atoms with van der Waals surface area (Å²) in [6.45, 7) is 0. The number of thioether (sulfide) groups is 1. The molecule has 0 bridgehead atoms. The molecule has 0 fully saturated rings. The largest absolute Gasteiger partial charge is 0.416 e. The van der Waals surface area contributed by atoms with Gasteiger partial charge in [-0.3, -0.25) is 9.59 Å². The van der Waals surface area contributed by atoms with Gasteiger partial charge in [-0.25, -0.2) is 9.97 Å². The Balaban J connectivity index is 1.73. The van der Waals surface area contributed by atoms with Crippen LogP contribution in [0.1, 0.15) is 21.4 Å². The molecule has 2 aromatic heterocycles. The molecule has 0 radical (unpaired) electrons. The van der Waals surface area contributed by atoms with E-state index in [1.807, 2.05) is 30.3 Å². The summed E-state index contributed by atoms with van der Waals surface area (Å²) in [5.41, 5.74) is 4.47. The number of halogens is 3. The van der Waals surface area contributed by atoms with E-state index in [-0.39, 0.29) is 16.4 Å². The molecule has 0 aliphatic rings. The number of alkyl halides is 3. The van der Waals surface area contributed by atoms with Crippen molar-refractivity contribution in [3.63, 3.8) is 0 Å². The zero-order valence-corrected chi connectivity index (χ0v) is 19.2. The SMILES string of the molecule is N#Cc1c(-c2cccc(C(F)(F)F)c2)nc(SC(C(N)=O)c2nc(-c3ccccc3)cs2)[nH]c1=O. The Labute approximate surface area is 204 Å². The van der Waals surface area contributed by atoms with Crippen molar-refractivity contribution in [1.29, 1.82) is 5.26 Å². The number of hydrogen-bond donors (Lipinski definition) is 2. The predicted octanol–water partition coefficient (Wildman–Crippen LogP) is 4.77. The number of aromatic nitrogens is 3. The maximum Gasteiger partial charge on any atom is 0.416 e. The van der Waals surface area contributed by atoms with Crippen molar-refractivity contribution >= 4 is 29.0 Å². The second-order valence-corrected chi connectivity index (χ2v) is 9.11. The third-order valence-electron chi connectivity index (χ3n) is 4.78. The minimum absolute atomic E-state index is 0.0689. The van der Waals surface area contributed by atoms with Crippen LogP contribution < -0.4 is 11.3 Å². The lowest BCUT2D eigenvalue weighted by atomic mass is 10.0. The fourth-order valence-corrected chi connectivity index (χ4v) is 5.07. The normalized spacial score (nSPS) is 12.2. The van der Waals surface area contributed by atoms with Crippen LogP contribution in [0, 0.1) is 11.3 Å². The van der Waals surface area contributed by atoms with Crippen molar-refractivity contribution < 1.29 is 18.0 Å². The van der Waals surface area contributed by atoms with E-state index in [2.05, 4.69) is 15.0 Å². The Bertz CT molecular complexity index is 1490. The lowest BCUT2D eigenvalue weighted by Crippen LogP contribution is -2.21. The molecule has 35 heavy (non-hydrogen) atoms. The third kappa shape index (κ3) is 5.26. The van der Waals surface area contributed by atoms with Gasteiger partial charge >= 0.3 is 6.18 Å². The van der Waals surface area contributed by atoms with Crippen molar-refractivity contribution in [3.8, 4) is 28.6 Å². The average Bonchev–Trinajstić information content (AvgIpc) is 3.32. The van der Waals surface area contributed by atoms with E-state index in [9.17, 15) is 28.0 Å². The van der Waals surface area contributed by atoms with E-state index < -0.39 is 34.0 Å². The lowest BCUT2D eigenvalue weighted by molar-refractivity contribution is -0.137.